The highest BCUT2D eigenvalue weighted by Gasteiger charge is 2.17. The van der Waals surface area contributed by atoms with Crippen LogP contribution in [-0.4, -0.2) is 11.2 Å². The molecule has 1 N–H and O–H groups in total. The van der Waals surface area contributed by atoms with Gasteiger partial charge in [0.25, 0.3) is 0 Å². The third kappa shape index (κ3) is 4.50. The number of aliphatic hydroxyl groups excluding tert-OH is 1. The molecule has 16 heavy (non-hydrogen) atoms. The van der Waals surface area contributed by atoms with Crippen LogP contribution in [0.25, 0.3) is 0 Å². The van der Waals surface area contributed by atoms with Crippen molar-refractivity contribution < 1.29 is 9.50 Å². The van der Waals surface area contributed by atoms with Gasteiger partial charge in [0.15, 0.2) is 0 Å². The lowest BCUT2D eigenvalue weighted by Crippen LogP contribution is -2.19. The topological polar surface area (TPSA) is 20.2 Å². The minimum atomic E-state index is -0.442. The molecule has 0 bridgehead atoms. The molecule has 0 radical (unpaired) electrons. The van der Waals surface area contributed by atoms with E-state index in [1.165, 1.54) is 12.1 Å². The molecule has 0 saturated heterocycles. The monoisotopic (exact) mass is 244 g/mol. The quantitative estimate of drug-likeness (QED) is 0.857. The van der Waals surface area contributed by atoms with Crippen molar-refractivity contribution in [2.45, 2.75) is 39.7 Å². The van der Waals surface area contributed by atoms with Crippen molar-refractivity contribution in [2.75, 3.05) is 0 Å². The lowest BCUT2D eigenvalue weighted by Gasteiger charge is -2.22. The number of aliphatic hydroxyl groups is 1. The van der Waals surface area contributed by atoms with E-state index in [1.54, 1.807) is 6.07 Å². The fourth-order valence-corrected chi connectivity index (χ4v) is 1.96. The van der Waals surface area contributed by atoms with E-state index >= 15 is 0 Å². The molecule has 0 amide bonds. The van der Waals surface area contributed by atoms with Gasteiger partial charge >= 0.3 is 0 Å². The van der Waals surface area contributed by atoms with E-state index in [0.29, 0.717) is 17.9 Å². The number of benzene rings is 1. The van der Waals surface area contributed by atoms with Crippen LogP contribution in [0, 0.1) is 11.2 Å². The summed E-state index contributed by atoms with van der Waals surface area (Å²) in [6, 6.07) is 4.27. The van der Waals surface area contributed by atoms with E-state index in [2.05, 4.69) is 20.8 Å². The van der Waals surface area contributed by atoms with Crippen LogP contribution >= 0.6 is 11.6 Å². The minimum absolute atomic E-state index is 0.0753. The van der Waals surface area contributed by atoms with Gasteiger partial charge in [-0.2, -0.15) is 0 Å². The van der Waals surface area contributed by atoms with Crippen molar-refractivity contribution in [3.8, 4) is 0 Å². The van der Waals surface area contributed by atoms with E-state index in [4.69, 9.17) is 11.6 Å². The summed E-state index contributed by atoms with van der Waals surface area (Å²) >= 11 is 5.89. The largest absolute Gasteiger partial charge is 0.393 e. The van der Waals surface area contributed by atoms with Crippen LogP contribution < -0.4 is 0 Å². The zero-order valence-corrected chi connectivity index (χ0v) is 10.7. The highest BCUT2D eigenvalue weighted by atomic mass is 35.5. The van der Waals surface area contributed by atoms with Crippen LogP contribution in [0.1, 0.15) is 32.8 Å². The van der Waals surface area contributed by atoms with Gasteiger partial charge in [0, 0.05) is 5.02 Å². The van der Waals surface area contributed by atoms with Crippen molar-refractivity contribution in [1.82, 2.24) is 0 Å². The summed E-state index contributed by atoms with van der Waals surface area (Å²) in [4.78, 5) is 0. The Morgan fingerprint density at radius 2 is 2.00 bits per heavy atom. The van der Waals surface area contributed by atoms with E-state index < -0.39 is 6.10 Å². The lowest BCUT2D eigenvalue weighted by atomic mass is 9.87. The minimum Gasteiger partial charge on any atom is -0.393 e. The van der Waals surface area contributed by atoms with Crippen LogP contribution in [0.15, 0.2) is 18.2 Å². The van der Waals surface area contributed by atoms with Gasteiger partial charge in [-0.15, -0.1) is 0 Å². The molecule has 0 saturated carbocycles. The Hall–Kier alpha value is -0.600. The predicted molar refractivity (Wildman–Crippen MR) is 65.2 cm³/mol. The van der Waals surface area contributed by atoms with Crippen molar-refractivity contribution in [2.24, 2.45) is 5.41 Å². The zero-order valence-electron chi connectivity index (χ0n) is 9.93. The Bertz CT molecular complexity index is 357. The molecule has 1 nitrogen and oxygen atoms in total. The van der Waals surface area contributed by atoms with Crippen molar-refractivity contribution >= 4 is 11.6 Å². The molecule has 1 aromatic carbocycles. The summed E-state index contributed by atoms with van der Waals surface area (Å²) in [5.74, 6) is -0.348. The first-order valence-electron chi connectivity index (χ1n) is 5.40. The Labute approximate surface area is 101 Å². The highest BCUT2D eigenvalue weighted by molar-refractivity contribution is 6.31. The van der Waals surface area contributed by atoms with Crippen molar-refractivity contribution in [1.29, 1.82) is 0 Å². The second-order valence-electron chi connectivity index (χ2n) is 5.36. The lowest BCUT2D eigenvalue weighted by molar-refractivity contribution is 0.121. The maximum absolute atomic E-state index is 12.8. The Balaban J connectivity index is 2.66. The molecule has 0 aliphatic carbocycles. The second-order valence-corrected chi connectivity index (χ2v) is 5.77. The van der Waals surface area contributed by atoms with Gasteiger partial charge < -0.3 is 5.11 Å². The van der Waals surface area contributed by atoms with Crippen LogP contribution in [0.5, 0.6) is 0 Å². The van der Waals surface area contributed by atoms with E-state index in [1.807, 2.05) is 0 Å². The van der Waals surface area contributed by atoms with Gasteiger partial charge in [-0.1, -0.05) is 38.4 Å². The summed E-state index contributed by atoms with van der Waals surface area (Å²) in [5.41, 5.74) is 0.867. The van der Waals surface area contributed by atoms with E-state index in [0.717, 1.165) is 5.56 Å². The smallest absolute Gasteiger partial charge is 0.124 e. The molecule has 1 rings (SSSR count). The molecule has 0 heterocycles. The molecule has 0 aromatic heterocycles. The standard InChI is InChI=1S/C13H18ClFO/c1-13(2,3)8-11(16)6-9-4-5-10(15)7-12(9)14/h4-5,7,11,16H,6,8H2,1-3H3. The maximum Gasteiger partial charge on any atom is 0.124 e. The van der Waals surface area contributed by atoms with Gasteiger partial charge in [-0.05, 0) is 36.0 Å². The third-order valence-corrected chi connectivity index (χ3v) is 2.67. The number of hydrogen-bond donors (Lipinski definition) is 1. The fraction of sp³-hybridized carbons (Fsp3) is 0.538. The highest BCUT2D eigenvalue weighted by Crippen LogP contribution is 2.25. The normalized spacial score (nSPS) is 13.9. The third-order valence-electron chi connectivity index (χ3n) is 2.32. The zero-order chi connectivity index (χ0) is 12.3. The molecule has 0 spiro atoms. The maximum atomic E-state index is 12.8. The fourth-order valence-electron chi connectivity index (χ4n) is 1.72. The van der Waals surface area contributed by atoms with Gasteiger partial charge in [0.05, 0.1) is 6.10 Å². The molecule has 1 atom stereocenters. The van der Waals surface area contributed by atoms with Crippen molar-refractivity contribution in [3.63, 3.8) is 0 Å². The molecule has 1 aromatic rings. The van der Waals surface area contributed by atoms with Crippen molar-refractivity contribution in [3.05, 3.63) is 34.6 Å². The molecule has 0 fully saturated rings. The number of halogens is 2. The Kier molecular flexibility index (Phi) is 4.34. The molecular formula is C13H18ClFO. The molecule has 90 valence electrons. The summed E-state index contributed by atoms with van der Waals surface area (Å²) in [6.07, 6.45) is 0.722. The first kappa shape index (κ1) is 13.5. The number of rotatable bonds is 3. The van der Waals surface area contributed by atoms with Gasteiger partial charge in [-0.3, -0.25) is 0 Å². The molecular weight excluding hydrogens is 227 g/mol. The summed E-state index contributed by atoms with van der Waals surface area (Å²) in [6.45, 7) is 6.22. The first-order valence-corrected chi connectivity index (χ1v) is 5.78. The molecule has 3 heteroatoms. The van der Waals surface area contributed by atoms with Gasteiger partial charge in [0.2, 0.25) is 0 Å². The SMILES string of the molecule is CC(C)(C)CC(O)Cc1ccc(F)cc1Cl. The molecule has 0 aliphatic rings. The molecule has 1 unspecified atom stereocenters. The van der Waals surface area contributed by atoms with Crippen LogP contribution in [0.4, 0.5) is 4.39 Å². The van der Waals surface area contributed by atoms with Crippen LogP contribution in [0.2, 0.25) is 5.02 Å². The summed E-state index contributed by atoms with van der Waals surface area (Å²) in [7, 11) is 0. The van der Waals surface area contributed by atoms with E-state index in [-0.39, 0.29) is 11.2 Å². The van der Waals surface area contributed by atoms with Crippen LogP contribution in [-0.2, 0) is 6.42 Å². The number of hydrogen-bond acceptors (Lipinski definition) is 1. The average molecular weight is 245 g/mol. The Morgan fingerprint density at radius 1 is 1.38 bits per heavy atom. The summed E-state index contributed by atoms with van der Waals surface area (Å²) in [5, 5.41) is 10.3. The average Bonchev–Trinajstić information content (AvgIpc) is 2.06. The van der Waals surface area contributed by atoms with Gasteiger partial charge in [0.1, 0.15) is 5.82 Å². The first-order chi connectivity index (χ1) is 7.28. The molecule has 0 aliphatic heterocycles. The predicted octanol–water partition coefficient (Wildman–Crippen LogP) is 3.82. The summed E-state index contributed by atoms with van der Waals surface area (Å²) < 4.78 is 12.8. The second kappa shape index (κ2) is 5.15. The van der Waals surface area contributed by atoms with E-state index in [9.17, 15) is 9.50 Å². The van der Waals surface area contributed by atoms with Gasteiger partial charge in [-0.25, -0.2) is 4.39 Å². The van der Waals surface area contributed by atoms with Crippen LogP contribution in [0.3, 0.4) is 0 Å². The Morgan fingerprint density at radius 3 is 2.50 bits per heavy atom.